The van der Waals surface area contributed by atoms with E-state index in [1.165, 1.54) is 22.2 Å². The Kier molecular flexibility index (Phi) is 8.67. The standard InChI is InChI=1S/C20H19F2N5O3S.C2HF3O2/c1-25-14-4-2-3-5-15(14)30-17(19(25)28)16-7-6-13(31-16)10-26-11-24-27(20(26)29)9-12(8-23)18(21)22;3-2(4,5)1(6)7/h2-7,11,17H,8-10,23H2,1H3;(H,6,7). The number of likely N-dealkylation sites (N-methyl/N-ethyl adjacent to an activating group) is 1. The maximum atomic E-state index is 12.8. The van der Waals surface area contributed by atoms with E-state index in [1.54, 1.807) is 30.1 Å². The van der Waals surface area contributed by atoms with Crippen molar-refractivity contribution < 1.29 is 41.4 Å². The highest BCUT2D eigenvalue weighted by molar-refractivity contribution is 7.12. The number of aliphatic carboxylic acids is 1. The van der Waals surface area contributed by atoms with Gasteiger partial charge in [-0.25, -0.2) is 14.3 Å². The van der Waals surface area contributed by atoms with Crippen molar-refractivity contribution in [3.63, 3.8) is 0 Å². The van der Waals surface area contributed by atoms with Crippen LogP contribution in [0.5, 0.6) is 5.75 Å². The highest BCUT2D eigenvalue weighted by Gasteiger charge is 2.38. The van der Waals surface area contributed by atoms with Gasteiger partial charge in [0.1, 0.15) is 12.1 Å². The van der Waals surface area contributed by atoms with E-state index in [-0.39, 0.29) is 31.1 Å². The Morgan fingerprint density at radius 3 is 2.45 bits per heavy atom. The number of anilines is 1. The van der Waals surface area contributed by atoms with Crippen LogP contribution in [-0.4, -0.2) is 51.1 Å². The topological polar surface area (TPSA) is 133 Å². The second-order valence-electron chi connectivity index (χ2n) is 7.74. The third-order valence-electron chi connectivity index (χ3n) is 5.19. The molecule has 16 heteroatoms. The lowest BCUT2D eigenvalue weighted by molar-refractivity contribution is -0.192. The summed E-state index contributed by atoms with van der Waals surface area (Å²) in [5, 5.41) is 11.0. The number of nitrogens with two attached hydrogens (primary N) is 1. The van der Waals surface area contributed by atoms with Crippen molar-refractivity contribution >= 4 is 28.9 Å². The summed E-state index contributed by atoms with van der Waals surface area (Å²) < 4.78 is 65.5. The zero-order valence-electron chi connectivity index (χ0n) is 19.5. The predicted octanol–water partition coefficient (Wildman–Crippen LogP) is 2.99. The van der Waals surface area contributed by atoms with Gasteiger partial charge in [0.25, 0.3) is 12.0 Å². The predicted molar refractivity (Wildman–Crippen MR) is 125 cm³/mol. The maximum Gasteiger partial charge on any atom is 0.490 e. The summed E-state index contributed by atoms with van der Waals surface area (Å²) in [5.74, 6) is -2.33. The number of hydrogen-bond donors (Lipinski definition) is 2. The van der Waals surface area contributed by atoms with Crippen molar-refractivity contribution in [3.05, 3.63) is 74.6 Å². The summed E-state index contributed by atoms with van der Waals surface area (Å²) in [6.45, 7) is -0.532. The zero-order chi connectivity index (χ0) is 28.2. The summed E-state index contributed by atoms with van der Waals surface area (Å²) in [7, 11) is 1.70. The lowest BCUT2D eigenvalue weighted by Crippen LogP contribution is -2.37. The third kappa shape index (κ3) is 6.44. The van der Waals surface area contributed by atoms with Gasteiger partial charge >= 0.3 is 17.8 Å². The summed E-state index contributed by atoms with van der Waals surface area (Å²) in [4.78, 5) is 37.2. The Morgan fingerprint density at radius 2 is 1.84 bits per heavy atom. The molecule has 0 radical (unpaired) electrons. The van der Waals surface area contributed by atoms with Crippen LogP contribution in [-0.2, 0) is 22.7 Å². The normalized spacial score (nSPS) is 14.8. The monoisotopic (exact) mass is 561 g/mol. The summed E-state index contributed by atoms with van der Waals surface area (Å²) in [6, 6.07) is 10.9. The molecule has 1 aromatic carbocycles. The molecule has 0 saturated carbocycles. The smallest absolute Gasteiger partial charge is 0.475 e. The number of para-hydroxylation sites is 2. The van der Waals surface area contributed by atoms with Crippen molar-refractivity contribution in [2.75, 3.05) is 18.5 Å². The molecule has 1 aliphatic rings. The number of alkyl halides is 3. The van der Waals surface area contributed by atoms with E-state index in [4.69, 9.17) is 20.4 Å². The lowest BCUT2D eigenvalue weighted by atomic mass is 10.1. The van der Waals surface area contributed by atoms with E-state index in [1.807, 2.05) is 18.2 Å². The fourth-order valence-electron chi connectivity index (χ4n) is 3.24. The van der Waals surface area contributed by atoms with E-state index in [0.29, 0.717) is 16.3 Å². The number of halogens is 5. The van der Waals surface area contributed by atoms with Gasteiger partial charge in [0, 0.05) is 24.0 Å². The highest BCUT2D eigenvalue weighted by Crippen LogP contribution is 2.39. The van der Waals surface area contributed by atoms with Crippen LogP contribution >= 0.6 is 11.3 Å². The number of rotatable bonds is 6. The Balaban J connectivity index is 0.000000505. The van der Waals surface area contributed by atoms with E-state index in [2.05, 4.69) is 5.10 Å². The van der Waals surface area contributed by atoms with Crippen LogP contribution in [0.4, 0.5) is 27.6 Å². The fraction of sp³-hybridized carbons (Fsp3) is 0.273. The molecule has 0 spiro atoms. The van der Waals surface area contributed by atoms with Crippen molar-refractivity contribution in [2.24, 2.45) is 5.73 Å². The van der Waals surface area contributed by atoms with Gasteiger partial charge in [-0.05, 0) is 24.3 Å². The first-order valence-corrected chi connectivity index (χ1v) is 11.4. The van der Waals surface area contributed by atoms with Gasteiger partial charge in [-0.1, -0.05) is 12.1 Å². The Hall–Kier alpha value is -4.05. The summed E-state index contributed by atoms with van der Waals surface area (Å²) in [6.07, 6.45) is -6.48. The zero-order valence-corrected chi connectivity index (χ0v) is 20.3. The van der Waals surface area contributed by atoms with Crippen molar-refractivity contribution in [3.8, 4) is 5.75 Å². The molecule has 1 amide bonds. The molecule has 0 bridgehead atoms. The number of nitrogens with zero attached hydrogens (tertiary/aromatic N) is 4. The SMILES string of the molecule is CN1C(=O)C(c2ccc(Cn3cnn(CC(CN)=C(F)F)c3=O)s2)Oc2ccccc21.O=C(O)C(F)(F)F. The van der Waals surface area contributed by atoms with Gasteiger partial charge in [0.05, 0.1) is 23.7 Å². The Bertz CT molecular complexity index is 1410. The Labute approximate surface area is 215 Å². The number of thiophene rings is 1. The molecule has 1 atom stereocenters. The minimum atomic E-state index is -5.08. The van der Waals surface area contributed by atoms with Gasteiger partial charge in [0.15, 0.2) is 0 Å². The number of carboxylic acid groups (broad SMARTS) is 1. The lowest BCUT2D eigenvalue weighted by Gasteiger charge is -2.31. The summed E-state index contributed by atoms with van der Waals surface area (Å²) in [5.41, 5.74) is 5.13. The van der Waals surface area contributed by atoms with Gasteiger partial charge in [-0.15, -0.1) is 11.3 Å². The fourth-order valence-corrected chi connectivity index (χ4v) is 4.28. The molecule has 38 heavy (non-hydrogen) atoms. The molecule has 3 N–H and O–H groups in total. The van der Waals surface area contributed by atoms with Crippen LogP contribution in [0.1, 0.15) is 15.9 Å². The molecule has 2 aromatic heterocycles. The molecule has 1 aliphatic heterocycles. The van der Waals surface area contributed by atoms with Gasteiger partial charge in [0.2, 0.25) is 6.10 Å². The minimum Gasteiger partial charge on any atom is -0.475 e. The first-order valence-electron chi connectivity index (χ1n) is 10.6. The molecule has 0 saturated heterocycles. The largest absolute Gasteiger partial charge is 0.490 e. The van der Waals surface area contributed by atoms with Crippen LogP contribution in [0.3, 0.4) is 0 Å². The van der Waals surface area contributed by atoms with Crippen LogP contribution in [0.25, 0.3) is 0 Å². The molecule has 10 nitrogen and oxygen atoms in total. The third-order valence-corrected chi connectivity index (χ3v) is 6.30. The number of carbonyl (C=O) groups excluding carboxylic acids is 1. The number of carbonyl (C=O) groups is 2. The second kappa shape index (κ2) is 11.6. The second-order valence-corrected chi connectivity index (χ2v) is 8.94. The number of fused-ring (bicyclic) bond motifs is 1. The van der Waals surface area contributed by atoms with E-state index < -0.39 is 30.0 Å². The number of ether oxygens (including phenoxy) is 1. The number of benzene rings is 1. The maximum absolute atomic E-state index is 12.8. The first-order chi connectivity index (χ1) is 17.8. The number of aromatic nitrogens is 3. The van der Waals surface area contributed by atoms with Gasteiger partial charge in [-0.2, -0.15) is 27.1 Å². The molecule has 0 aliphatic carbocycles. The molecular weight excluding hydrogens is 541 g/mol. The average Bonchev–Trinajstić information content (AvgIpc) is 3.46. The van der Waals surface area contributed by atoms with Gasteiger partial charge < -0.3 is 20.5 Å². The van der Waals surface area contributed by atoms with Crippen molar-refractivity contribution in [1.82, 2.24) is 14.3 Å². The molecular formula is C22H20F5N5O5S. The van der Waals surface area contributed by atoms with E-state index in [9.17, 15) is 31.5 Å². The van der Waals surface area contributed by atoms with E-state index >= 15 is 0 Å². The van der Waals surface area contributed by atoms with Crippen molar-refractivity contribution in [1.29, 1.82) is 0 Å². The molecule has 0 fully saturated rings. The molecule has 3 heterocycles. The van der Waals surface area contributed by atoms with Crippen LogP contribution in [0.15, 0.2) is 59.2 Å². The quantitative estimate of drug-likeness (QED) is 0.442. The Morgan fingerprint density at radius 1 is 1.18 bits per heavy atom. The number of carboxylic acids is 1. The van der Waals surface area contributed by atoms with Gasteiger partial charge in [-0.3, -0.25) is 9.36 Å². The van der Waals surface area contributed by atoms with Crippen molar-refractivity contribution in [2.45, 2.75) is 25.4 Å². The van der Waals surface area contributed by atoms with Crippen LogP contribution in [0, 0.1) is 0 Å². The summed E-state index contributed by atoms with van der Waals surface area (Å²) >= 11 is 1.34. The van der Waals surface area contributed by atoms with E-state index in [0.717, 1.165) is 9.56 Å². The highest BCUT2D eigenvalue weighted by atomic mass is 32.1. The molecule has 3 aromatic rings. The van der Waals surface area contributed by atoms with Crippen LogP contribution < -0.4 is 21.1 Å². The molecule has 1 unspecified atom stereocenters. The first kappa shape index (κ1) is 28.5. The molecule has 204 valence electrons. The average molecular weight is 561 g/mol. The van der Waals surface area contributed by atoms with Crippen LogP contribution in [0.2, 0.25) is 0 Å². The molecule has 4 rings (SSSR count). The number of amides is 1. The minimum absolute atomic E-state index is 0.188. The number of hydrogen-bond acceptors (Lipinski definition) is 7.